The lowest BCUT2D eigenvalue weighted by atomic mass is 10.2. The zero-order chi connectivity index (χ0) is 10.6. The Labute approximate surface area is 84.7 Å². The molecule has 0 aromatic carbocycles. The number of hydrogen-bond donors (Lipinski definition) is 1. The van der Waals surface area contributed by atoms with Crippen LogP contribution >= 0.6 is 0 Å². The van der Waals surface area contributed by atoms with Gasteiger partial charge in [0.25, 0.3) is 0 Å². The fourth-order valence-electron chi connectivity index (χ4n) is 1.13. The maximum atomic E-state index is 5.11. The molecule has 1 aromatic heterocycles. The number of nitrogens with one attached hydrogen (secondary N) is 1. The molecule has 0 unspecified atom stereocenters. The molecule has 0 amide bonds. The van der Waals surface area contributed by atoms with Crippen LogP contribution in [0.1, 0.15) is 31.3 Å². The van der Waals surface area contributed by atoms with Crippen molar-refractivity contribution >= 4 is 0 Å². The maximum Gasteiger partial charge on any atom is 0.216 e. The first-order valence-corrected chi connectivity index (χ1v) is 4.73. The molecule has 0 spiro atoms. The van der Waals surface area contributed by atoms with Gasteiger partial charge in [0.15, 0.2) is 0 Å². The maximum absolute atomic E-state index is 5.11. The summed E-state index contributed by atoms with van der Waals surface area (Å²) < 4.78 is 5.11. The Morgan fingerprint density at radius 1 is 1.43 bits per heavy atom. The summed E-state index contributed by atoms with van der Waals surface area (Å²) in [6.45, 7) is 4.87. The van der Waals surface area contributed by atoms with Gasteiger partial charge < -0.3 is 10.1 Å². The Morgan fingerprint density at radius 2 is 2.14 bits per heavy atom. The summed E-state index contributed by atoms with van der Waals surface area (Å²) in [5, 5.41) is 3.06. The summed E-state index contributed by atoms with van der Waals surface area (Å²) in [6.07, 6.45) is 0. The Kier molecular flexibility index (Phi) is 3.83. The fraction of sp³-hybridized carbons (Fsp3) is 0.600. The van der Waals surface area contributed by atoms with E-state index in [1.165, 1.54) is 0 Å². The number of ether oxygens (including phenoxy) is 1. The SMILES string of the molecule is CNCc1cc(OC)nc(C(C)C)n1. The van der Waals surface area contributed by atoms with Crippen molar-refractivity contribution in [2.45, 2.75) is 26.3 Å². The topological polar surface area (TPSA) is 47.0 Å². The van der Waals surface area contributed by atoms with Crippen LogP contribution in [-0.4, -0.2) is 24.1 Å². The van der Waals surface area contributed by atoms with Crippen molar-refractivity contribution in [1.29, 1.82) is 0 Å². The zero-order valence-electron chi connectivity index (χ0n) is 9.16. The van der Waals surface area contributed by atoms with Gasteiger partial charge in [-0.15, -0.1) is 0 Å². The van der Waals surface area contributed by atoms with Crippen molar-refractivity contribution in [3.8, 4) is 5.88 Å². The molecule has 1 N–H and O–H groups in total. The van der Waals surface area contributed by atoms with Crippen LogP contribution in [0.2, 0.25) is 0 Å². The van der Waals surface area contributed by atoms with E-state index in [4.69, 9.17) is 4.74 Å². The van der Waals surface area contributed by atoms with E-state index in [1.54, 1.807) is 7.11 Å². The molecular formula is C10H17N3O. The summed E-state index contributed by atoms with van der Waals surface area (Å²) in [6, 6.07) is 1.85. The average molecular weight is 195 g/mol. The quantitative estimate of drug-likeness (QED) is 0.787. The molecule has 0 bridgehead atoms. The molecule has 0 saturated heterocycles. The Hall–Kier alpha value is -1.16. The van der Waals surface area contributed by atoms with Crippen LogP contribution in [0, 0.1) is 0 Å². The van der Waals surface area contributed by atoms with Gasteiger partial charge in [-0.1, -0.05) is 13.8 Å². The molecule has 0 aliphatic heterocycles. The van der Waals surface area contributed by atoms with Gasteiger partial charge in [0, 0.05) is 18.5 Å². The van der Waals surface area contributed by atoms with Gasteiger partial charge in [-0.3, -0.25) is 0 Å². The Bertz CT molecular complexity index is 299. The second-order valence-corrected chi connectivity index (χ2v) is 3.44. The summed E-state index contributed by atoms with van der Waals surface area (Å²) in [5.74, 6) is 1.78. The number of hydrogen-bond acceptors (Lipinski definition) is 4. The molecule has 4 nitrogen and oxygen atoms in total. The summed E-state index contributed by atoms with van der Waals surface area (Å²) in [4.78, 5) is 8.69. The predicted octanol–water partition coefficient (Wildman–Crippen LogP) is 1.33. The first-order chi connectivity index (χ1) is 6.67. The van der Waals surface area contributed by atoms with E-state index in [9.17, 15) is 0 Å². The highest BCUT2D eigenvalue weighted by atomic mass is 16.5. The largest absolute Gasteiger partial charge is 0.481 e. The van der Waals surface area contributed by atoms with Gasteiger partial charge in [-0.05, 0) is 7.05 Å². The van der Waals surface area contributed by atoms with Crippen LogP contribution < -0.4 is 10.1 Å². The number of nitrogens with zero attached hydrogens (tertiary/aromatic N) is 2. The third-order valence-electron chi connectivity index (χ3n) is 1.86. The molecule has 0 aliphatic carbocycles. The summed E-state index contributed by atoms with van der Waals surface area (Å²) >= 11 is 0. The van der Waals surface area contributed by atoms with Crippen molar-refractivity contribution in [3.05, 3.63) is 17.6 Å². The van der Waals surface area contributed by atoms with E-state index in [1.807, 2.05) is 13.1 Å². The number of methoxy groups -OCH3 is 1. The second-order valence-electron chi connectivity index (χ2n) is 3.44. The molecular weight excluding hydrogens is 178 g/mol. The van der Waals surface area contributed by atoms with Gasteiger partial charge >= 0.3 is 0 Å². The van der Waals surface area contributed by atoms with Crippen LogP contribution in [0.3, 0.4) is 0 Å². The van der Waals surface area contributed by atoms with E-state index < -0.39 is 0 Å². The molecule has 0 fully saturated rings. The van der Waals surface area contributed by atoms with Crippen molar-refractivity contribution in [1.82, 2.24) is 15.3 Å². The minimum atomic E-state index is 0.320. The monoisotopic (exact) mass is 195 g/mol. The lowest BCUT2D eigenvalue weighted by Crippen LogP contribution is -2.10. The third-order valence-corrected chi connectivity index (χ3v) is 1.86. The van der Waals surface area contributed by atoms with Gasteiger partial charge in [0.2, 0.25) is 5.88 Å². The van der Waals surface area contributed by atoms with E-state index in [-0.39, 0.29) is 0 Å². The summed E-state index contributed by atoms with van der Waals surface area (Å²) in [7, 11) is 3.51. The molecule has 0 radical (unpaired) electrons. The number of aromatic nitrogens is 2. The highest BCUT2D eigenvalue weighted by Gasteiger charge is 2.07. The average Bonchev–Trinajstić information content (AvgIpc) is 2.17. The minimum absolute atomic E-state index is 0.320. The Balaban J connectivity index is 3.00. The van der Waals surface area contributed by atoms with Crippen LogP contribution in [0.25, 0.3) is 0 Å². The minimum Gasteiger partial charge on any atom is -0.481 e. The van der Waals surface area contributed by atoms with E-state index in [0.717, 1.165) is 18.1 Å². The highest BCUT2D eigenvalue weighted by molar-refractivity contribution is 5.17. The lowest BCUT2D eigenvalue weighted by Gasteiger charge is -2.08. The normalized spacial score (nSPS) is 10.6. The van der Waals surface area contributed by atoms with Crippen molar-refractivity contribution in [2.24, 2.45) is 0 Å². The second kappa shape index (κ2) is 4.91. The first kappa shape index (κ1) is 10.9. The predicted molar refractivity (Wildman–Crippen MR) is 55.4 cm³/mol. The third kappa shape index (κ3) is 2.67. The first-order valence-electron chi connectivity index (χ1n) is 4.73. The molecule has 1 aromatic rings. The molecule has 0 atom stereocenters. The fourth-order valence-corrected chi connectivity index (χ4v) is 1.13. The molecule has 0 aliphatic rings. The highest BCUT2D eigenvalue weighted by Crippen LogP contribution is 2.14. The van der Waals surface area contributed by atoms with Crippen LogP contribution in [-0.2, 0) is 6.54 Å². The van der Waals surface area contributed by atoms with E-state index in [2.05, 4.69) is 29.1 Å². The van der Waals surface area contributed by atoms with Crippen LogP contribution in [0.15, 0.2) is 6.07 Å². The van der Waals surface area contributed by atoms with Crippen molar-refractivity contribution < 1.29 is 4.74 Å². The molecule has 78 valence electrons. The van der Waals surface area contributed by atoms with Crippen LogP contribution in [0.5, 0.6) is 5.88 Å². The van der Waals surface area contributed by atoms with Crippen molar-refractivity contribution in [2.75, 3.05) is 14.2 Å². The van der Waals surface area contributed by atoms with E-state index in [0.29, 0.717) is 11.8 Å². The molecule has 1 rings (SSSR count). The molecule has 4 heteroatoms. The zero-order valence-corrected chi connectivity index (χ0v) is 9.16. The van der Waals surface area contributed by atoms with Gasteiger partial charge in [-0.2, -0.15) is 4.98 Å². The number of rotatable bonds is 4. The Morgan fingerprint density at radius 3 is 2.64 bits per heavy atom. The molecule has 0 saturated carbocycles. The van der Waals surface area contributed by atoms with Gasteiger partial charge in [-0.25, -0.2) is 4.98 Å². The molecule has 1 heterocycles. The standard InChI is InChI=1S/C10H17N3O/c1-7(2)10-12-8(6-11-3)5-9(13-10)14-4/h5,7,11H,6H2,1-4H3. The lowest BCUT2D eigenvalue weighted by molar-refractivity contribution is 0.392. The smallest absolute Gasteiger partial charge is 0.216 e. The van der Waals surface area contributed by atoms with Crippen LogP contribution in [0.4, 0.5) is 0 Å². The van der Waals surface area contributed by atoms with E-state index >= 15 is 0 Å². The summed E-state index contributed by atoms with van der Waals surface area (Å²) in [5.41, 5.74) is 0.961. The molecule has 14 heavy (non-hydrogen) atoms. The van der Waals surface area contributed by atoms with Crippen molar-refractivity contribution in [3.63, 3.8) is 0 Å². The van der Waals surface area contributed by atoms with Gasteiger partial charge in [0.1, 0.15) is 5.82 Å². The van der Waals surface area contributed by atoms with Gasteiger partial charge in [0.05, 0.1) is 12.8 Å².